The molecule has 0 bridgehead atoms. The highest BCUT2D eigenvalue weighted by Gasteiger charge is 2.17. The highest BCUT2D eigenvalue weighted by molar-refractivity contribution is 14.1. The van der Waals surface area contributed by atoms with Crippen molar-refractivity contribution in [3.05, 3.63) is 67.9 Å². The van der Waals surface area contributed by atoms with Gasteiger partial charge in [-0.1, -0.05) is 29.3 Å². The molecule has 0 aliphatic heterocycles. The first kappa shape index (κ1) is 14.9. The molecule has 0 aliphatic rings. The molecule has 1 heterocycles. The Bertz CT molecular complexity index is 797. The maximum absolute atomic E-state index is 6.24. The van der Waals surface area contributed by atoms with E-state index >= 15 is 0 Å². The molecule has 1 aromatic heterocycles. The quantitative estimate of drug-likeness (QED) is 0.591. The highest BCUT2D eigenvalue weighted by Crippen LogP contribution is 2.31. The molecule has 3 aromatic rings. The molecule has 0 spiro atoms. The molecule has 2 nitrogen and oxygen atoms in total. The number of halogens is 2. The fourth-order valence-electron chi connectivity index (χ4n) is 2.49. The van der Waals surface area contributed by atoms with Crippen molar-refractivity contribution in [2.45, 2.75) is 13.0 Å². The van der Waals surface area contributed by atoms with E-state index in [0.717, 1.165) is 30.9 Å². The minimum atomic E-state index is -0.00722. The molecule has 2 aromatic carbocycles. The monoisotopic (exact) mass is 411 g/mol. The number of fused-ring (bicyclic) bond motifs is 1. The van der Waals surface area contributed by atoms with Gasteiger partial charge in [0.1, 0.15) is 11.3 Å². The maximum Gasteiger partial charge on any atom is 0.134 e. The van der Waals surface area contributed by atoms with Gasteiger partial charge in [-0.05, 0) is 72.5 Å². The summed E-state index contributed by atoms with van der Waals surface area (Å²) in [5.74, 6) is 0.898. The van der Waals surface area contributed by atoms with E-state index in [2.05, 4.69) is 59.1 Å². The van der Waals surface area contributed by atoms with Crippen LogP contribution in [-0.2, 0) is 0 Å². The van der Waals surface area contributed by atoms with E-state index < -0.39 is 0 Å². The Morgan fingerprint density at radius 3 is 2.67 bits per heavy atom. The van der Waals surface area contributed by atoms with Gasteiger partial charge in [-0.2, -0.15) is 0 Å². The van der Waals surface area contributed by atoms with E-state index in [-0.39, 0.29) is 6.04 Å². The Balaban J connectivity index is 2.06. The van der Waals surface area contributed by atoms with Crippen LogP contribution in [0.5, 0.6) is 0 Å². The summed E-state index contributed by atoms with van der Waals surface area (Å²) in [4.78, 5) is 0. The number of aryl methyl sites for hydroxylation is 1. The van der Waals surface area contributed by atoms with Gasteiger partial charge in [0, 0.05) is 8.96 Å². The molecule has 108 valence electrons. The summed E-state index contributed by atoms with van der Waals surface area (Å²) in [7, 11) is 1.93. The summed E-state index contributed by atoms with van der Waals surface area (Å²) in [6.07, 6.45) is 0. The third kappa shape index (κ3) is 2.96. The number of hydrogen-bond acceptors (Lipinski definition) is 2. The van der Waals surface area contributed by atoms with E-state index in [1.54, 1.807) is 0 Å². The molecule has 0 fully saturated rings. The minimum Gasteiger partial charge on any atom is -0.459 e. The summed E-state index contributed by atoms with van der Waals surface area (Å²) in [5, 5.41) is 5.19. The van der Waals surface area contributed by atoms with Crippen molar-refractivity contribution < 1.29 is 4.42 Å². The lowest BCUT2D eigenvalue weighted by molar-refractivity contribution is 0.491. The second kappa shape index (κ2) is 5.99. The number of nitrogens with one attached hydrogen (secondary N) is 1. The summed E-state index contributed by atoms with van der Waals surface area (Å²) in [6.45, 7) is 2.08. The third-order valence-electron chi connectivity index (χ3n) is 3.54. The van der Waals surface area contributed by atoms with Gasteiger partial charge < -0.3 is 9.73 Å². The van der Waals surface area contributed by atoms with E-state index in [9.17, 15) is 0 Å². The molecule has 0 saturated carbocycles. The molecule has 21 heavy (non-hydrogen) atoms. The molecular formula is C17H15ClINO. The second-order valence-corrected chi connectivity index (χ2v) is 6.65. The van der Waals surface area contributed by atoms with Crippen molar-refractivity contribution in [2.75, 3.05) is 7.05 Å². The van der Waals surface area contributed by atoms with Crippen molar-refractivity contribution in [1.29, 1.82) is 0 Å². The first-order valence-electron chi connectivity index (χ1n) is 6.71. The second-order valence-electron chi connectivity index (χ2n) is 5.09. The lowest BCUT2D eigenvalue weighted by Gasteiger charge is -2.14. The first-order valence-corrected chi connectivity index (χ1v) is 8.16. The molecule has 0 amide bonds. The van der Waals surface area contributed by atoms with E-state index in [0.29, 0.717) is 0 Å². The number of furan rings is 1. The van der Waals surface area contributed by atoms with Crippen LogP contribution in [0.2, 0.25) is 5.02 Å². The van der Waals surface area contributed by atoms with Crippen LogP contribution in [0.25, 0.3) is 11.0 Å². The molecule has 1 N–H and O–H groups in total. The standard InChI is InChI=1S/C17H15ClINO/c1-10-3-6-15-12(7-10)9-16(21-15)17(20-2)11-4-5-14(19)13(18)8-11/h3-9,17,20H,1-2H3. The molecule has 0 aliphatic carbocycles. The fraction of sp³-hybridized carbons (Fsp3) is 0.176. The van der Waals surface area contributed by atoms with Crippen LogP contribution in [0.1, 0.15) is 22.9 Å². The molecule has 3 rings (SSSR count). The Morgan fingerprint density at radius 2 is 1.95 bits per heavy atom. The van der Waals surface area contributed by atoms with E-state index in [4.69, 9.17) is 16.0 Å². The summed E-state index contributed by atoms with van der Waals surface area (Å²) in [6, 6.07) is 14.4. The third-order valence-corrected chi connectivity index (χ3v) is 5.11. The zero-order chi connectivity index (χ0) is 15.0. The Kier molecular flexibility index (Phi) is 4.24. The highest BCUT2D eigenvalue weighted by atomic mass is 127. The van der Waals surface area contributed by atoms with E-state index in [1.807, 2.05) is 25.2 Å². The lowest BCUT2D eigenvalue weighted by atomic mass is 10.0. The van der Waals surface area contributed by atoms with Crippen molar-refractivity contribution in [1.82, 2.24) is 5.32 Å². The van der Waals surface area contributed by atoms with Crippen molar-refractivity contribution in [3.63, 3.8) is 0 Å². The smallest absolute Gasteiger partial charge is 0.134 e. The number of rotatable bonds is 3. The zero-order valence-electron chi connectivity index (χ0n) is 11.8. The van der Waals surface area contributed by atoms with E-state index in [1.165, 1.54) is 5.56 Å². The lowest BCUT2D eigenvalue weighted by Crippen LogP contribution is -2.17. The average molecular weight is 412 g/mol. The molecule has 1 unspecified atom stereocenters. The normalized spacial score (nSPS) is 12.8. The Morgan fingerprint density at radius 1 is 1.14 bits per heavy atom. The van der Waals surface area contributed by atoms with Gasteiger partial charge in [-0.3, -0.25) is 0 Å². The minimum absolute atomic E-state index is 0.00722. The Hall–Kier alpha value is -1.04. The van der Waals surface area contributed by atoms with Crippen LogP contribution in [0.4, 0.5) is 0 Å². The summed E-state index contributed by atoms with van der Waals surface area (Å²) in [5.41, 5.74) is 3.24. The maximum atomic E-state index is 6.24. The van der Waals surface area contributed by atoms with Gasteiger partial charge in [0.25, 0.3) is 0 Å². The number of hydrogen-bond donors (Lipinski definition) is 1. The van der Waals surface area contributed by atoms with Crippen LogP contribution in [0.15, 0.2) is 46.9 Å². The van der Waals surface area contributed by atoms with Gasteiger partial charge in [-0.25, -0.2) is 0 Å². The average Bonchev–Trinajstić information content (AvgIpc) is 2.86. The van der Waals surface area contributed by atoms with Crippen molar-refractivity contribution in [2.24, 2.45) is 0 Å². The van der Waals surface area contributed by atoms with Crippen molar-refractivity contribution in [3.8, 4) is 0 Å². The SMILES string of the molecule is CNC(c1ccc(I)c(Cl)c1)c1cc2cc(C)ccc2o1. The van der Waals surface area contributed by atoms with Crippen LogP contribution >= 0.6 is 34.2 Å². The predicted molar refractivity (Wildman–Crippen MR) is 96.0 cm³/mol. The van der Waals surface area contributed by atoms with Crippen LogP contribution in [0, 0.1) is 10.5 Å². The van der Waals surface area contributed by atoms with Gasteiger partial charge in [0.2, 0.25) is 0 Å². The molecule has 4 heteroatoms. The Labute approximate surface area is 142 Å². The molecular weight excluding hydrogens is 397 g/mol. The molecule has 0 radical (unpaired) electrons. The summed E-state index contributed by atoms with van der Waals surface area (Å²) >= 11 is 8.47. The predicted octanol–water partition coefficient (Wildman–Crippen LogP) is 5.31. The van der Waals surface area contributed by atoms with Crippen LogP contribution in [0.3, 0.4) is 0 Å². The fourth-order valence-corrected chi connectivity index (χ4v) is 3.02. The molecule has 0 saturated heterocycles. The molecule has 1 atom stereocenters. The largest absolute Gasteiger partial charge is 0.459 e. The van der Waals surface area contributed by atoms with Crippen LogP contribution in [-0.4, -0.2) is 7.05 Å². The number of benzene rings is 2. The first-order chi connectivity index (χ1) is 10.1. The van der Waals surface area contributed by atoms with Gasteiger partial charge in [0.15, 0.2) is 0 Å². The van der Waals surface area contributed by atoms with Crippen LogP contribution < -0.4 is 5.32 Å². The zero-order valence-corrected chi connectivity index (χ0v) is 14.7. The van der Waals surface area contributed by atoms with Gasteiger partial charge >= 0.3 is 0 Å². The topological polar surface area (TPSA) is 25.2 Å². The summed E-state index contributed by atoms with van der Waals surface area (Å²) < 4.78 is 7.04. The van der Waals surface area contributed by atoms with Gasteiger partial charge in [-0.15, -0.1) is 0 Å². The van der Waals surface area contributed by atoms with Crippen molar-refractivity contribution >= 4 is 45.2 Å². The van der Waals surface area contributed by atoms with Gasteiger partial charge in [0.05, 0.1) is 11.1 Å².